The molecule has 0 aliphatic heterocycles. The van der Waals surface area contributed by atoms with E-state index in [-0.39, 0.29) is 11.7 Å². The molecule has 0 saturated heterocycles. The Labute approximate surface area is 98.6 Å². The molecular formula is C14H22O2. The maximum atomic E-state index is 5.45. The van der Waals surface area contributed by atoms with Crippen molar-refractivity contribution in [3.05, 3.63) is 36.6 Å². The van der Waals surface area contributed by atoms with Crippen molar-refractivity contribution in [2.75, 3.05) is 6.61 Å². The highest BCUT2D eigenvalue weighted by molar-refractivity contribution is 5.20. The number of hydrogen-bond donors (Lipinski definition) is 0. The number of rotatable bonds is 6. The van der Waals surface area contributed by atoms with Gasteiger partial charge in [0.25, 0.3) is 0 Å². The molecule has 2 unspecified atom stereocenters. The second-order valence-electron chi connectivity index (χ2n) is 4.37. The molecule has 1 rings (SSSR count). The lowest BCUT2D eigenvalue weighted by atomic mass is 9.84. The second-order valence-corrected chi connectivity index (χ2v) is 4.37. The summed E-state index contributed by atoms with van der Waals surface area (Å²) in [6.07, 6.45) is 14.2. The van der Waals surface area contributed by atoms with Gasteiger partial charge >= 0.3 is 0 Å². The Morgan fingerprint density at radius 1 is 1.44 bits per heavy atom. The van der Waals surface area contributed by atoms with Crippen molar-refractivity contribution in [1.82, 2.24) is 0 Å². The summed E-state index contributed by atoms with van der Waals surface area (Å²) in [4.78, 5) is 0. The molecule has 1 aliphatic carbocycles. The molecule has 0 saturated carbocycles. The maximum absolute atomic E-state index is 5.45. The molecule has 0 fully saturated rings. The molecule has 0 N–H and O–H groups in total. The average molecular weight is 222 g/mol. The molecule has 0 aromatic heterocycles. The first-order valence-electron chi connectivity index (χ1n) is 5.95. The summed E-state index contributed by atoms with van der Waals surface area (Å²) in [5.41, 5.74) is 0.0826. The van der Waals surface area contributed by atoms with E-state index in [0.717, 1.165) is 19.4 Å². The van der Waals surface area contributed by atoms with E-state index in [1.54, 1.807) is 6.26 Å². The van der Waals surface area contributed by atoms with Gasteiger partial charge in [-0.05, 0) is 25.8 Å². The Kier molecular flexibility index (Phi) is 5.33. The van der Waals surface area contributed by atoms with Gasteiger partial charge in [-0.15, -0.1) is 0 Å². The van der Waals surface area contributed by atoms with Crippen LogP contribution in [0, 0.1) is 5.41 Å². The van der Waals surface area contributed by atoms with Gasteiger partial charge in [0, 0.05) is 5.41 Å². The molecule has 0 aromatic rings. The first-order valence-corrected chi connectivity index (χ1v) is 5.95. The van der Waals surface area contributed by atoms with E-state index in [9.17, 15) is 0 Å². The van der Waals surface area contributed by atoms with E-state index in [1.165, 1.54) is 0 Å². The van der Waals surface area contributed by atoms with Crippen LogP contribution in [0.2, 0.25) is 0 Å². The fourth-order valence-corrected chi connectivity index (χ4v) is 1.50. The third kappa shape index (κ3) is 4.67. The average Bonchev–Trinajstić information content (AvgIpc) is 2.27. The van der Waals surface area contributed by atoms with Crippen LogP contribution in [0.25, 0.3) is 0 Å². The van der Waals surface area contributed by atoms with E-state index in [1.807, 2.05) is 6.92 Å². The molecule has 0 heterocycles. The molecular weight excluding hydrogens is 200 g/mol. The van der Waals surface area contributed by atoms with Gasteiger partial charge in [0.2, 0.25) is 0 Å². The van der Waals surface area contributed by atoms with Crippen molar-refractivity contribution in [1.29, 1.82) is 0 Å². The van der Waals surface area contributed by atoms with Gasteiger partial charge in [-0.3, -0.25) is 0 Å². The highest BCUT2D eigenvalue weighted by Gasteiger charge is 2.16. The first kappa shape index (κ1) is 13.0. The standard InChI is InChI=1S/C14H22O2/c1-4-11-15-13(2)16-12-10-14(3)8-6-5-7-9-14/h5-8,10,12-13H,4,9,11H2,1-3H3. The van der Waals surface area contributed by atoms with Crippen molar-refractivity contribution < 1.29 is 9.47 Å². The van der Waals surface area contributed by atoms with Gasteiger partial charge in [-0.25, -0.2) is 0 Å². The summed E-state index contributed by atoms with van der Waals surface area (Å²) in [7, 11) is 0. The van der Waals surface area contributed by atoms with Gasteiger partial charge < -0.3 is 9.47 Å². The summed E-state index contributed by atoms with van der Waals surface area (Å²) in [6.45, 7) is 6.93. The molecule has 16 heavy (non-hydrogen) atoms. The van der Waals surface area contributed by atoms with Crippen molar-refractivity contribution in [3.8, 4) is 0 Å². The third-order valence-electron chi connectivity index (χ3n) is 2.56. The van der Waals surface area contributed by atoms with E-state index >= 15 is 0 Å². The zero-order valence-corrected chi connectivity index (χ0v) is 10.5. The zero-order valence-electron chi connectivity index (χ0n) is 10.5. The summed E-state index contributed by atoms with van der Waals surface area (Å²) in [5, 5.41) is 0. The molecule has 2 nitrogen and oxygen atoms in total. The monoisotopic (exact) mass is 222 g/mol. The molecule has 90 valence electrons. The Hall–Kier alpha value is -1.02. The molecule has 0 spiro atoms. The van der Waals surface area contributed by atoms with Gasteiger partial charge in [0.1, 0.15) is 0 Å². The lowest BCUT2D eigenvalue weighted by molar-refractivity contribution is -0.0929. The van der Waals surface area contributed by atoms with Crippen LogP contribution in [0.15, 0.2) is 36.6 Å². The van der Waals surface area contributed by atoms with E-state index in [4.69, 9.17) is 9.47 Å². The third-order valence-corrected chi connectivity index (χ3v) is 2.56. The van der Waals surface area contributed by atoms with Gasteiger partial charge in [-0.2, -0.15) is 0 Å². The molecule has 2 atom stereocenters. The zero-order chi connectivity index (χ0) is 11.9. The first-order chi connectivity index (χ1) is 7.66. The van der Waals surface area contributed by atoms with Crippen LogP contribution in [0.3, 0.4) is 0 Å². The van der Waals surface area contributed by atoms with Crippen LogP contribution < -0.4 is 0 Å². The SMILES string of the molecule is CCCOC(C)OC=CC1(C)C=CC=CC1. The van der Waals surface area contributed by atoms with Crippen LogP contribution in [0.1, 0.15) is 33.6 Å². The van der Waals surface area contributed by atoms with Crippen LogP contribution in [0.4, 0.5) is 0 Å². The second kappa shape index (κ2) is 6.54. The summed E-state index contributed by atoms with van der Waals surface area (Å²) < 4.78 is 10.9. The van der Waals surface area contributed by atoms with E-state index in [0.29, 0.717) is 0 Å². The lowest BCUT2D eigenvalue weighted by Crippen LogP contribution is -2.13. The van der Waals surface area contributed by atoms with Crippen LogP contribution >= 0.6 is 0 Å². The summed E-state index contributed by atoms with van der Waals surface area (Å²) in [5.74, 6) is 0. The van der Waals surface area contributed by atoms with Crippen molar-refractivity contribution in [2.45, 2.75) is 39.9 Å². The topological polar surface area (TPSA) is 18.5 Å². The van der Waals surface area contributed by atoms with Crippen LogP contribution in [0.5, 0.6) is 0 Å². The maximum Gasteiger partial charge on any atom is 0.196 e. The molecule has 1 aliphatic rings. The Bertz CT molecular complexity index is 278. The smallest absolute Gasteiger partial charge is 0.196 e. The lowest BCUT2D eigenvalue weighted by Gasteiger charge is -2.22. The predicted molar refractivity (Wildman–Crippen MR) is 66.9 cm³/mol. The molecule has 0 bridgehead atoms. The van der Waals surface area contributed by atoms with E-state index < -0.39 is 0 Å². The fraction of sp³-hybridized carbons (Fsp3) is 0.571. The molecule has 2 heteroatoms. The summed E-state index contributed by atoms with van der Waals surface area (Å²) in [6, 6.07) is 0. The van der Waals surface area contributed by atoms with Crippen LogP contribution in [-0.2, 0) is 9.47 Å². The van der Waals surface area contributed by atoms with Gasteiger partial charge in [0.05, 0.1) is 12.9 Å². The molecule has 0 amide bonds. The number of ether oxygens (including phenoxy) is 2. The minimum atomic E-state index is -0.164. The summed E-state index contributed by atoms with van der Waals surface area (Å²) >= 11 is 0. The highest BCUT2D eigenvalue weighted by Crippen LogP contribution is 2.28. The minimum Gasteiger partial charge on any atom is -0.473 e. The van der Waals surface area contributed by atoms with Gasteiger partial charge in [0.15, 0.2) is 6.29 Å². The Morgan fingerprint density at radius 3 is 2.88 bits per heavy atom. The highest BCUT2D eigenvalue weighted by atomic mass is 16.7. The van der Waals surface area contributed by atoms with Gasteiger partial charge in [-0.1, -0.05) is 38.2 Å². The normalized spacial score (nSPS) is 26.2. The number of allylic oxidation sites excluding steroid dienone is 5. The van der Waals surface area contributed by atoms with Crippen molar-refractivity contribution in [2.24, 2.45) is 5.41 Å². The Morgan fingerprint density at radius 2 is 2.25 bits per heavy atom. The number of hydrogen-bond acceptors (Lipinski definition) is 2. The molecule has 0 radical (unpaired) electrons. The van der Waals surface area contributed by atoms with Crippen LogP contribution in [-0.4, -0.2) is 12.9 Å². The minimum absolute atomic E-state index is 0.0826. The fourth-order valence-electron chi connectivity index (χ4n) is 1.50. The van der Waals surface area contributed by atoms with E-state index in [2.05, 4.69) is 44.2 Å². The Balaban J connectivity index is 2.31. The predicted octanol–water partition coefficient (Wildman–Crippen LogP) is 3.81. The van der Waals surface area contributed by atoms with Crippen molar-refractivity contribution in [3.63, 3.8) is 0 Å². The quantitative estimate of drug-likeness (QED) is 0.502. The largest absolute Gasteiger partial charge is 0.473 e. The van der Waals surface area contributed by atoms with Crippen molar-refractivity contribution >= 4 is 0 Å². The molecule has 0 aromatic carbocycles.